The van der Waals surface area contributed by atoms with E-state index in [0.717, 1.165) is 37.6 Å². The normalized spacial score (nSPS) is 37.0. The van der Waals surface area contributed by atoms with Gasteiger partial charge < -0.3 is 5.11 Å². The highest BCUT2D eigenvalue weighted by Gasteiger charge is 2.37. The second-order valence-electron chi connectivity index (χ2n) is 5.83. The minimum absolute atomic E-state index is 0.0645. The van der Waals surface area contributed by atoms with Crippen molar-refractivity contribution in [2.24, 2.45) is 11.8 Å². The monoisotopic (exact) mass is 239 g/mol. The number of aliphatic hydroxyl groups is 1. The van der Waals surface area contributed by atoms with Crippen molar-refractivity contribution < 1.29 is 9.90 Å². The van der Waals surface area contributed by atoms with Gasteiger partial charge >= 0.3 is 0 Å². The zero-order chi connectivity index (χ0) is 12.4. The number of hydrogen-bond donors (Lipinski definition) is 1. The first kappa shape index (κ1) is 13.0. The number of fused-ring (bicyclic) bond motifs is 1. The van der Waals surface area contributed by atoms with E-state index in [0.29, 0.717) is 0 Å². The summed E-state index contributed by atoms with van der Waals surface area (Å²) >= 11 is 0. The quantitative estimate of drug-likeness (QED) is 0.803. The van der Waals surface area contributed by atoms with Crippen molar-refractivity contribution in [1.82, 2.24) is 4.90 Å². The SMILES string of the molecule is CC(=O)[C@@H]1CCCC2CC2CCCN1[C@@H](C)O. The molecule has 4 atom stereocenters. The largest absolute Gasteiger partial charge is 0.379 e. The van der Waals surface area contributed by atoms with Crippen molar-refractivity contribution in [2.75, 3.05) is 6.54 Å². The molecule has 1 N–H and O–H groups in total. The minimum Gasteiger partial charge on any atom is -0.379 e. The Hall–Kier alpha value is -0.410. The van der Waals surface area contributed by atoms with Crippen LogP contribution in [0.3, 0.4) is 0 Å². The van der Waals surface area contributed by atoms with Gasteiger partial charge in [0, 0.05) is 6.54 Å². The van der Waals surface area contributed by atoms with Crippen LogP contribution >= 0.6 is 0 Å². The van der Waals surface area contributed by atoms with Gasteiger partial charge in [0.05, 0.1) is 6.04 Å². The third kappa shape index (κ3) is 3.29. The Morgan fingerprint density at radius 3 is 2.47 bits per heavy atom. The van der Waals surface area contributed by atoms with Gasteiger partial charge in [-0.1, -0.05) is 12.8 Å². The summed E-state index contributed by atoms with van der Waals surface area (Å²) < 4.78 is 0. The number of ketones is 1. The fourth-order valence-electron chi connectivity index (χ4n) is 3.33. The number of Topliss-reactive ketones (excluding diaryl/α,β-unsaturated/α-hetero) is 1. The van der Waals surface area contributed by atoms with Crippen LogP contribution in [0.25, 0.3) is 0 Å². The van der Waals surface area contributed by atoms with Crippen LogP contribution in [0, 0.1) is 11.8 Å². The highest BCUT2D eigenvalue weighted by atomic mass is 16.3. The van der Waals surface area contributed by atoms with Crippen molar-refractivity contribution in [3.63, 3.8) is 0 Å². The van der Waals surface area contributed by atoms with Gasteiger partial charge in [0.1, 0.15) is 12.0 Å². The molecule has 1 heterocycles. The maximum atomic E-state index is 11.7. The van der Waals surface area contributed by atoms with Crippen LogP contribution in [0.2, 0.25) is 0 Å². The average molecular weight is 239 g/mol. The van der Waals surface area contributed by atoms with Gasteiger partial charge in [-0.05, 0) is 51.4 Å². The molecular formula is C14H25NO2. The Morgan fingerprint density at radius 2 is 1.88 bits per heavy atom. The van der Waals surface area contributed by atoms with Gasteiger partial charge in [-0.25, -0.2) is 0 Å². The molecule has 0 radical (unpaired) electrons. The van der Waals surface area contributed by atoms with Crippen molar-refractivity contribution in [3.05, 3.63) is 0 Å². The molecule has 2 fully saturated rings. The zero-order valence-corrected chi connectivity index (χ0v) is 11.1. The number of nitrogens with zero attached hydrogens (tertiary/aromatic N) is 1. The molecule has 0 amide bonds. The predicted octanol–water partition coefficient (Wildman–Crippen LogP) is 2.18. The maximum Gasteiger partial charge on any atom is 0.146 e. The lowest BCUT2D eigenvalue weighted by atomic mass is 9.99. The fourth-order valence-corrected chi connectivity index (χ4v) is 3.33. The molecule has 0 bridgehead atoms. The van der Waals surface area contributed by atoms with Gasteiger partial charge in [-0.3, -0.25) is 9.69 Å². The summed E-state index contributed by atoms with van der Waals surface area (Å²) in [6.45, 7) is 4.30. The highest BCUT2D eigenvalue weighted by Crippen LogP contribution is 2.46. The summed E-state index contributed by atoms with van der Waals surface area (Å²) in [5.74, 6) is 2.10. The molecule has 2 aliphatic rings. The average Bonchev–Trinajstić information content (AvgIpc) is 3.00. The summed E-state index contributed by atoms with van der Waals surface area (Å²) in [6.07, 6.45) is 6.63. The van der Waals surface area contributed by atoms with E-state index in [1.807, 2.05) is 4.90 Å². The summed E-state index contributed by atoms with van der Waals surface area (Å²) in [5.41, 5.74) is 0. The summed E-state index contributed by atoms with van der Waals surface area (Å²) in [7, 11) is 0. The van der Waals surface area contributed by atoms with E-state index in [9.17, 15) is 9.90 Å². The van der Waals surface area contributed by atoms with E-state index >= 15 is 0 Å². The molecular weight excluding hydrogens is 214 g/mol. The molecule has 0 aromatic rings. The molecule has 17 heavy (non-hydrogen) atoms. The Bertz CT molecular complexity index is 277. The van der Waals surface area contributed by atoms with Crippen molar-refractivity contribution in [2.45, 2.75) is 64.6 Å². The molecule has 1 aliphatic heterocycles. The Kier molecular flexibility index (Phi) is 4.21. The molecule has 1 aliphatic carbocycles. The fraction of sp³-hybridized carbons (Fsp3) is 0.929. The van der Waals surface area contributed by atoms with Crippen molar-refractivity contribution >= 4 is 5.78 Å². The molecule has 98 valence electrons. The lowest BCUT2D eigenvalue weighted by Crippen LogP contribution is -2.46. The zero-order valence-electron chi connectivity index (χ0n) is 11.1. The Balaban J connectivity index is 2.00. The maximum absolute atomic E-state index is 11.7. The lowest BCUT2D eigenvalue weighted by Gasteiger charge is -2.33. The van der Waals surface area contributed by atoms with Gasteiger partial charge in [0.15, 0.2) is 0 Å². The molecule has 1 saturated heterocycles. The summed E-state index contributed by atoms with van der Waals surface area (Å²) in [4.78, 5) is 13.7. The number of rotatable bonds is 2. The smallest absolute Gasteiger partial charge is 0.146 e. The van der Waals surface area contributed by atoms with Crippen LogP contribution in [-0.2, 0) is 4.79 Å². The first-order valence-electron chi connectivity index (χ1n) is 7.04. The minimum atomic E-state index is -0.502. The molecule has 3 heteroatoms. The van der Waals surface area contributed by atoms with E-state index in [-0.39, 0.29) is 11.8 Å². The number of hydrogen-bond acceptors (Lipinski definition) is 3. The van der Waals surface area contributed by atoms with E-state index in [2.05, 4.69) is 0 Å². The Morgan fingerprint density at radius 1 is 1.24 bits per heavy atom. The molecule has 3 nitrogen and oxygen atoms in total. The molecule has 1 saturated carbocycles. The molecule has 0 aromatic heterocycles. The predicted molar refractivity (Wildman–Crippen MR) is 67.5 cm³/mol. The van der Waals surface area contributed by atoms with Crippen LogP contribution < -0.4 is 0 Å². The highest BCUT2D eigenvalue weighted by molar-refractivity contribution is 5.81. The van der Waals surface area contributed by atoms with Crippen LogP contribution in [0.1, 0.15) is 52.4 Å². The molecule has 0 spiro atoms. The first-order chi connectivity index (χ1) is 8.09. The Labute approximate surface area is 104 Å². The third-order valence-electron chi connectivity index (χ3n) is 4.46. The third-order valence-corrected chi connectivity index (χ3v) is 4.46. The van der Waals surface area contributed by atoms with Gasteiger partial charge in [0.25, 0.3) is 0 Å². The first-order valence-corrected chi connectivity index (χ1v) is 7.04. The van der Waals surface area contributed by atoms with E-state index in [1.54, 1.807) is 13.8 Å². The van der Waals surface area contributed by atoms with E-state index in [4.69, 9.17) is 0 Å². The number of aliphatic hydroxyl groups excluding tert-OH is 1. The topological polar surface area (TPSA) is 40.5 Å². The summed E-state index contributed by atoms with van der Waals surface area (Å²) in [6, 6.07) is -0.0645. The van der Waals surface area contributed by atoms with Gasteiger partial charge in [0.2, 0.25) is 0 Å². The number of carbonyl (C=O) groups is 1. The summed E-state index contributed by atoms with van der Waals surface area (Å²) in [5, 5.41) is 9.83. The standard InChI is InChI=1S/C14H25NO2/c1-10(16)14-7-3-5-12-9-13(12)6-4-8-15(14)11(2)17/h11-14,17H,3-9H2,1-2H3/t11-,12?,13?,14+/m1/s1. The van der Waals surface area contributed by atoms with Crippen LogP contribution in [0.4, 0.5) is 0 Å². The molecule has 2 unspecified atom stereocenters. The van der Waals surface area contributed by atoms with Gasteiger partial charge in [-0.2, -0.15) is 0 Å². The molecule has 0 aromatic carbocycles. The van der Waals surface area contributed by atoms with Crippen LogP contribution in [0.5, 0.6) is 0 Å². The van der Waals surface area contributed by atoms with Crippen molar-refractivity contribution in [3.8, 4) is 0 Å². The molecule has 2 rings (SSSR count). The number of carbonyl (C=O) groups excluding carboxylic acids is 1. The van der Waals surface area contributed by atoms with E-state index in [1.165, 1.54) is 19.3 Å². The van der Waals surface area contributed by atoms with Gasteiger partial charge in [-0.15, -0.1) is 0 Å². The second-order valence-corrected chi connectivity index (χ2v) is 5.83. The lowest BCUT2D eigenvalue weighted by molar-refractivity contribution is -0.127. The van der Waals surface area contributed by atoms with Crippen LogP contribution in [0.15, 0.2) is 0 Å². The second kappa shape index (κ2) is 5.49. The van der Waals surface area contributed by atoms with Crippen LogP contribution in [-0.4, -0.2) is 34.6 Å². The van der Waals surface area contributed by atoms with E-state index < -0.39 is 6.23 Å². The van der Waals surface area contributed by atoms with Crippen molar-refractivity contribution in [1.29, 1.82) is 0 Å².